The van der Waals surface area contributed by atoms with Crippen molar-refractivity contribution < 1.29 is 19.1 Å². The summed E-state index contributed by atoms with van der Waals surface area (Å²) in [4.78, 5) is 27.7. The highest BCUT2D eigenvalue weighted by atomic mass is 16.6. The third-order valence-electron chi connectivity index (χ3n) is 3.32. The lowest BCUT2D eigenvalue weighted by atomic mass is 10.1. The molecule has 1 aliphatic heterocycles. The minimum absolute atomic E-state index is 0.105. The van der Waals surface area contributed by atoms with E-state index in [0.717, 1.165) is 12.8 Å². The number of isocyanates is 1. The molecule has 1 atom stereocenters. The number of hydrogen-bond acceptors (Lipinski definition) is 5. The van der Waals surface area contributed by atoms with E-state index in [2.05, 4.69) is 4.99 Å². The van der Waals surface area contributed by atoms with Crippen molar-refractivity contribution in [2.45, 2.75) is 45.3 Å². The van der Waals surface area contributed by atoms with Crippen LogP contribution in [-0.2, 0) is 9.53 Å². The summed E-state index contributed by atoms with van der Waals surface area (Å²) in [6.07, 6.45) is 2.81. The summed E-state index contributed by atoms with van der Waals surface area (Å²) in [5.74, 6) is 0.623. The number of nitrogens with zero attached hydrogens (tertiary/aromatic N) is 2. The second kappa shape index (κ2) is 7.29. The number of rotatable bonds is 3. The number of hydrogen-bond donors (Lipinski definition) is 0. The van der Waals surface area contributed by atoms with E-state index in [9.17, 15) is 9.59 Å². The molecule has 6 nitrogen and oxygen atoms in total. The molecule has 0 N–H and O–H groups in total. The molecule has 0 aromatic heterocycles. The molecule has 1 fully saturated rings. The molecule has 1 aromatic rings. The van der Waals surface area contributed by atoms with E-state index in [0.29, 0.717) is 24.5 Å². The highest BCUT2D eigenvalue weighted by Crippen LogP contribution is 2.23. The zero-order valence-corrected chi connectivity index (χ0v) is 13.7. The number of benzene rings is 1. The van der Waals surface area contributed by atoms with Gasteiger partial charge in [0, 0.05) is 12.6 Å². The Balaban J connectivity index is 1.97. The lowest BCUT2D eigenvalue weighted by Gasteiger charge is -2.34. The normalized spacial score (nSPS) is 18.0. The predicted molar refractivity (Wildman–Crippen MR) is 85.7 cm³/mol. The summed E-state index contributed by atoms with van der Waals surface area (Å²) in [7, 11) is 0. The quantitative estimate of drug-likeness (QED) is 0.632. The van der Waals surface area contributed by atoms with Crippen LogP contribution in [0.25, 0.3) is 0 Å². The first-order chi connectivity index (χ1) is 10.9. The van der Waals surface area contributed by atoms with Crippen LogP contribution < -0.4 is 4.74 Å². The van der Waals surface area contributed by atoms with E-state index < -0.39 is 5.60 Å². The average Bonchev–Trinajstić information content (AvgIpc) is 2.46. The standard InChI is InChI=1S/C17H22N2O4/c1-17(2,3)23-16(21)19-9-5-8-15(11-19)22-14-7-4-6-13(10-14)18-12-20/h4,6-7,10,15H,5,8-9,11H2,1-3H3. The highest BCUT2D eigenvalue weighted by molar-refractivity contribution is 5.68. The van der Waals surface area contributed by atoms with Gasteiger partial charge in [0.2, 0.25) is 6.08 Å². The topological polar surface area (TPSA) is 68.2 Å². The Bertz CT molecular complexity index is 603. The molecule has 2 rings (SSSR count). The Hall–Kier alpha value is -2.33. The summed E-state index contributed by atoms with van der Waals surface area (Å²) >= 11 is 0. The van der Waals surface area contributed by atoms with Crippen LogP contribution in [-0.4, -0.2) is 41.9 Å². The molecule has 0 bridgehead atoms. The number of ether oxygens (including phenoxy) is 2. The molecule has 124 valence electrons. The average molecular weight is 318 g/mol. The zero-order chi connectivity index (χ0) is 16.9. The third kappa shape index (κ3) is 5.42. The SMILES string of the molecule is CC(C)(C)OC(=O)N1CCCC(Oc2cccc(N=C=O)c2)C1. The van der Waals surface area contributed by atoms with Gasteiger partial charge < -0.3 is 14.4 Å². The lowest BCUT2D eigenvalue weighted by molar-refractivity contribution is 0.00776. The van der Waals surface area contributed by atoms with Crippen LogP contribution in [0.4, 0.5) is 10.5 Å². The van der Waals surface area contributed by atoms with Crippen molar-refractivity contribution in [3.63, 3.8) is 0 Å². The van der Waals surface area contributed by atoms with Crippen LogP contribution in [0, 0.1) is 0 Å². The molecule has 1 unspecified atom stereocenters. The van der Waals surface area contributed by atoms with Gasteiger partial charge in [-0.05, 0) is 45.7 Å². The molecule has 0 spiro atoms. The fourth-order valence-electron chi connectivity index (χ4n) is 2.40. The number of piperidine rings is 1. The van der Waals surface area contributed by atoms with Crippen LogP contribution in [0.5, 0.6) is 5.75 Å². The van der Waals surface area contributed by atoms with Crippen molar-refractivity contribution in [1.82, 2.24) is 4.90 Å². The van der Waals surface area contributed by atoms with Crippen LogP contribution in [0.3, 0.4) is 0 Å². The van der Waals surface area contributed by atoms with Gasteiger partial charge in [-0.2, -0.15) is 4.99 Å². The van der Waals surface area contributed by atoms with Gasteiger partial charge in [0.1, 0.15) is 17.5 Å². The van der Waals surface area contributed by atoms with Gasteiger partial charge in [0.05, 0.1) is 12.2 Å². The first-order valence-electron chi connectivity index (χ1n) is 7.70. The van der Waals surface area contributed by atoms with Crippen LogP contribution >= 0.6 is 0 Å². The Labute approximate surface area is 136 Å². The molecule has 1 aliphatic rings. The van der Waals surface area contributed by atoms with E-state index in [4.69, 9.17) is 9.47 Å². The van der Waals surface area contributed by atoms with Gasteiger partial charge in [-0.15, -0.1) is 0 Å². The fourth-order valence-corrected chi connectivity index (χ4v) is 2.40. The predicted octanol–water partition coefficient (Wildman–Crippen LogP) is 3.43. The molecule has 6 heteroatoms. The van der Waals surface area contributed by atoms with Gasteiger partial charge >= 0.3 is 6.09 Å². The Morgan fingerprint density at radius 3 is 2.87 bits per heavy atom. The number of carbonyl (C=O) groups excluding carboxylic acids is 2. The molecule has 0 radical (unpaired) electrons. The molecular weight excluding hydrogens is 296 g/mol. The summed E-state index contributed by atoms with van der Waals surface area (Å²) in [5.41, 5.74) is -0.0104. The maximum atomic E-state index is 12.1. The molecular formula is C17H22N2O4. The molecule has 1 saturated heterocycles. The van der Waals surface area contributed by atoms with Crippen molar-refractivity contribution in [3.8, 4) is 5.75 Å². The van der Waals surface area contributed by atoms with Gasteiger partial charge in [-0.25, -0.2) is 9.59 Å². The van der Waals surface area contributed by atoms with Crippen LogP contribution in [0.1, 0.15) is 33.6 Å². The number of carbonyl (C=O) groups is 1. The smallest absolute Gasteiger partial charge is 0.410 e. The van der Waals surface area contributed by atoms with Gasteiger partial charge in [-0.3, -0.25) is 0 Å². The van der Waals surface area contributed by atoms with Crippen molar-refractivity contribution in [3.05, 3.63) is 24.3 Å². The minimum Gasteiger partial charge on any atom is -0.489 e. The third-order valence-corrected chi connectivity index (χ3v) is 3.32. The van der Waals surface area contributed by atoms with Crippen molar-refractivity contribution >= 4 is 17.9 Å². The summed E-state index contributed by atoms with van der Waals surface area (Å²) in [5, 5.41) is 0. The molecule has 23 heavy (non-hydrogen) atoms. The first kappa shape index (κ1) is 17.0. The fraction of sp³-hybridized carbons (Fsp3) is 0.529. The monoisotopic (exact) mass is 318 g/mol. The Morgan fingerprint density at radius 1 is 1.39 bits per heavy atom. The number of aliphatic imine (C=N–C) groups is 1. The van der Waals surface area contributed by atoms with Crippen molar-refractivity contribution in [1.29, 1.82) is 0 Å². The second-order valence-corrected chi connectivity index (χ2v) is 6.51. The van der Waals surface area contributed by atoms with Crippen LogP contribution in [0.2, 0.25) is 0 Å². The molecule has 1 heterocycles. The van der Waals surface area contributed by atoms with E-state index in [1.54, 1.807) is 29.2 Å². The van der Waals surface area contributed by atoms with Crippen molar-refractivity contribution in [2.24, 2.45) is 4.99 Å². The Kier molecular flexibility index (Phi) is 5.40. The number of likely N-dealkylation sites (tertiary alicyclic amines) is 1. The minimum atomic E-state index is -0.508. The zero-order valence-electron chi connectivity index (χ0n) is 13.7. The van der Waals surface area contributed by atoms with E-state index in [-0.39, 0.29) is 12.2 Å². The molecule has 1 amide bonds. The van der Waals surface area contributed by atoms with Gasteiger partial charge in [0.15, 0.2) is 0 Å². The van der Waals surface area contributed by atoms with E-state index >= 15 is 0 Å². The van der Waals surface area contributed by atoms with Gasteiger partial charge in [0.25, 0.3) is 0 Å². The maximum absolute atomic E-state index is 12.1. The largest absolute Gasteiger partial charge is 0.489 e. The second-order valence-electron chi connectivity index (χ2n) is 6.51. The van der Waals surface area contributed by atoms with Crippen molar-refractivity contribution in [2.75, 3.05) is 13.1 Å². The van der Waals surface area contributed by atoms with E-state index in [1.165, 1.54) is 6.08 Å². The maximum Gasteiger partial charge on any atom is 0.410 e. The highest BCUT2D eigenvalue weighted by Gasteiger charge is 2.28. The van der Waals surface area contributed by atoms with Gasteiger partial charge in [-0.1, -0.05) is 6.07 Å². The van der Waals surface area contributed by atoms with E-state index in [1.807, 2.05) is 20.8 Å². The lowest BCUT2D eigenvalue weighted by Crippen LogP contribution is -2.46. The Morgan fingerprint density at radius 2 is 2.17 bits per heavy atom. The summed E-state index contributed by atoms with van der Waals surface area (Å²) in [6, 6.07) is 6.94. The molecule has 0 saturated carbocycles. The molecule has 0 aliphatic carbocycles. The summed E-state index contributed by atoms with van der Waals surface area (Å²) < 4.78 is 11.3. The first-order valence-corrected chi connectivity index (χ1v) is 7.70. The van der Waals surface area contributed by atoms with Crippen LogP contribution in [0.15, 0.2) is 29.3 Å². The summed E-state index contributed by atoms with van der Waals surface area (Å²) in [6.45, 7) is 6.70. The number of amides is 1. The molecule has 1 aromatic carbocycles.